The van der Waals surface area contributed by atoms with Crippen LogP contribution in [-0.4, -0.2) is 10.8 Å². The molecule has 0 atom stereocenters. The zero-order valence-electron chi connectivity index (χ0n) is 7.43. The smallest absolute Gasteiger partial charge is 0.181 e. The third kappa shape index (κ3) is 1.61. The van der Waals surface area contributed by atoms with Crippen molar-refractivity contribution in [2.75, 3.05) is 0 Å². The number of aryl methyl sites for hydroxylation is 1. The van der Waals surface area contributed by atoms with E-state index in [4.69, 9.17) is 0 Å². The molecule has 1 aromatic heterocycles. The van der Waals surface area contributed by atoms with E-state index in [-0.39, 0.29) is 5.78 Å². The molecule has 0 unspecified atom stereocenters. The van der Waals surface area contributed by atoms with E-state index < -0.39 is 0 Å². The molecule has 1 aromatic rings. The van der Waals surface area contributed by atoms with Crippen molar-refractivity contribution in [2.24, 2.45) is 0 Å². The molecule has 0 N–H and O–H groups in total. The predicted octanol–water partition coefficient (Wildman–Crippen LogP) is 2.51. The zero-order chi connectivity index (χ0) is 9.42. The Morgan fingerprint density at radius 1 is 1.46 bits per heavy atom. The van der Waals surface area contributed by atoms with Crippen molar-refractivity contribution in [1.29, 1.82) is 0 Å². The first-order valence-corrected chi connectivity index (χ1v) is 5.45. The van der Waals surface area contributed by atoms with Gasteiger partial charge in [-0.2, -0.15) is 0 Å². The van der Waals surface area contributed by atoms with Crippen LogP contribution in [0.25, 0.3) is 0 Å². The Bertz CT molecular complexity index is 373. The second-order valence-electron chi connectivity index (χ2n) is 3.35. The highest BCUT2D eigenvalue weighted by molar-refractivity contribution is 14.1. The van der Waals surface area contributed by atoms with Crippen molar-refractivity contribution in [3.05, 3.63) is 26.6 Å². The molecule has 0 saturated heterocycles. The molecule has 1 heterocycles. The highest BCUT2D eigenvalue weighted by atomic mass is 127. The van der Waals surface area contributed by atoms with Gasteiger partial charge in [-0.3, -0.25) is 4.79 Å². The van der Waals surface area contributed by atoms with Crippen molar-refractivity contribution in [3.8, 4) is 0 Å². The minimum Gasteiger partial charge on any atom is -0.292 e. The molecule has 0 amide bonds. The molecule has 2 nitrogen and oxygen atoms in total. The molecular formula is C10H10INO. The van der Waals surface area contributed by atoms with Crippen LogP contribution < -0.4 is 0 Å². The Hall–Kier alpha value is -0.450. The Morgan fingerprint density at radius 3 is 3.00 bits per heavy atom. The lowest BCUT2D eigenvalue weighted by molar-refractivity contribution is 0.0967. The second-order valence-corrected chi connectivity index (χ2v) is 4.51. The number of ketones is 1. The SMILES string of the molecule is Cc1cc(I)c2c(n1)C(=O)CCC2. The van der Waals surface area contributed by atoms with Crippen LogP contribution in [0.15, 0.2) is 6.07 Å². The molecule has 0 radical (unpaired) electrons. The summed E-state index contributed by atoms with van der Waals surface area (Å²) < 4.78 is 1.19. The maximum absolute atomic E-state index is 11.5. The molecule has 1 aliphatic rings. The van der Waals surface area contributed by atoms with E-state index in [1.54, 1.807) is 0 Å². The van der Waals surface area contributed by atoms with Gasteiger partial charge in [-0.25, -0.2) is 4.98 Å². The highest BCUT2D eigenvalue weighted by Gasteiger charge is 2.20. The summed E-state index contributed by atoms with van der Waals surface area (Å²) in [5, 5.41) is 0. The van der Waals surface area contributed by atoms with E-state index >= 15 is 0 Å². The summed E-state index contributed by atoms with van der Waals surface area (Å²) >= 11 is 2.29. The molecule has 0 fully saturated rings. The third-order valence-corrected chi connectivity index (χ3v) is 3.26. The second kappa shape index (κ2) is 3.36. The minimum absolute atomic E-state index is 0.211. The average molecular weight is 287 g/mol. The van der Waals surface area contributed by atoms with Crippen LogP contribution in [0, 0.1) is 10.5 Å². The summed E-state index contributed by atoms with van der Waals surface area (Å²) in [4.78, 5) is 15.8. The van der Waals surface area contributed by atoms with Gasteiger partial charge in [-0.1, -0.05) is 0 Å². The highest BCUT2D eigenvalue weighted by Crippen LogP contribution is 2.24. The topological polar surface area (TPSA) is 30.0 Å². The van der Waals surface area contributed by atoms with E-state index in [2.05, 4.69) is 27.6 Å². The van der Waals surface area contributed by atoms with Gasteiger partial charge in [0.05, 0.1) is 0 Å². The first kappa shape index (κ1) is 9.12. The number of halogens is 1. The predicted molar refractivity (Wildman–Crippen MR) is 59.0 cm³/mol. The number of hydrogen-bond donors (Lipinski definition) is 0. The first-order chi connectivity index (χ1) is 6.18. The van der Waals surface area contributed by atoms with Gasteiger partial charge >= 0.3 is 0 Å². The van der Waals surface area contributed by atoms with Crippen LogP contribution in [0.2, 0.25) is 0 Å². The molecule has 0 aliphatic heterocycles. The van der Waals surface area contributed by atoms with Crippen molar-refractivity contribution >= 4 is 28.4 Å². The first-order valence-electron chi connectivity index (χ1n) is 4.37. The van der Waals surface area contributed by atoms with Crippen LogP contribution in [0.5, 0.6) is 0 Å². The van der Waals surface area contributed by atoms with Crippen LogP contribution >= 0.6 is 22.6 Å². The van der Waals surface area contributed by atoms with Crippen molar-refractivity contribution in [1.82, 2.24) is 4.98 Å². The van der Waals surface area contributed by atoms with Gasteiger partial charge < -0.3 is 0 Å². The summed E-state index contributed by atoms with van der Waals surface area (Å²) in [6, 6.07) is 2.04. The Labute approximate surface area is 90.9 Å². The van der Waals surface area contributed by atoms with Crippen molar-refractivity contribution in [2.45, 2.75) is 26.2 Å². The fraction of sp³-hybridized carbons (Fsp3) is 0.400. The van der Waals surface area contributed by atoms with Crippen LogP contribution in [-0.2, 0) is 6.42 Å². The van der Waals surface area contributed by atoms with E-state index in [0.717, 1.165) is 29.8 Å². The van der Waals surface area contributed by atoms with E-state index in [1.165, 1.54) is 3.57 Å². The number of Topliss-reactive ketones (excluding diaryl/α,β-unsaturated/α-hetero) is 1. The maximum atomic E-state index is 11.5. The number of nitrogens with zero attached hydrogens (tertiary/aromatic N) is 1. The molecule has 0 bridgehead atoms. The van der Waals surface area contributed by atoms with Crippen LogP contribution in [0.4, 0.5) is 0 Å². The van der Waals surface area contributed by atoms with E-state index in [9.17, 15) is 4.79 Å². The molecule has 0 aromatic carbocycles. The molecular weight excluding hydrogens is 277 g/mol. The number of carbonyl (C=O) groups is 1. The Morgan fingerprint density at radius 2 is 2.23 bits per heavy atom. The summed E-state index contributed by atoms with van der Waals surface area (Å²) in [6.07, 6.45) is 2.65. The standard InChI is InChI=1S/C10H10INO/c1-6-5-8(11)7-3-2-4-9(13)10(7)12-6/h5H,2-4H2,1H3. The van der Waals surface area contributed by atoms with Crippen molar-refractivity contribution < 1.29 is 4.79 Å². The zero-order valence-corrected chi connectivity index (χ0v) is 9.59. The lowest BCUT2D eigenvalue weighted by atomic mass is 9.95. The van der Waals surface area contributed by atoms with Crippen LogP contribution in [0.3, 0.4) is 0 Å². The van der Waals surface area contributed by atoms with Gasteiger partial charge in [0.15, 0.2) is 5.78 Å². The molecule has 0 saturated carbocycles. The number of aromatic nitrogens is 1. The summed E-state index contributed by atoms with van der Waals surface area (Å²) in [6.45, 7) is 1.93. The molecule has 68 valence electrons. The summed E-state index contributed by atoms with van der Waals surface area (Å²) in [5.74, 6) is 0.211. The van der Waals surface area contributed by atoms with Crippen molar-refractivity contribution in [3.63, 3.8) is 0 Å². The monoisotopic (exact) mass is 287 g/mol. The molecule has 1 aliphatic carbocycles. The number of pyridine rings is 1. The maximum Gasteiger partial charge on any atom is 0.181 e. The normalized spacial score (nSPS) is 15.7. The largest absolute Gasteiger partial charge is 0.292 e. The third-order valence-electron chi connectivity index (χ3n) is 2.29. The lowest BCUT2D eigenvalue weighted by Crippen LogP contribution is -2.15. The summed E-state index contributed by atoms with van der Waals surface area (Å²) in [7, 11) is 0. The Balaban J connectivity index is 2.63. The van der Waals surface area contributed by atoms with Gasteiger partial charge in [0.1, 0.15) is 5.69 Å². The number of rotatable bonds is 0. The molecule has 0 spiro atoms. The lowest BCUT2D eigenvalue weighted by Gasteiger charge is -2.15. The molecule has 2 rings (SSSR count). The van der Waals surface area contributed by atoms with Crippen LogP contribution in [0.1, 0.15) is 34.6 Å². The number of hydrogen-bond acceptors (Lipinski definition) is 2. The van der Waals surface area contributed by atoms with Gasteiger partial charge in [-0.15, -0.1) is 0 Å². The van der Waals surface area contributed by atoms with Gasteiger partial charge in [0.25, 0.3) is 0 Å². The fourth-order valence-corrected chi connectivity index (χ4v) is 2.65. The molecule has 3 heteroatoms. The minimum atomic E-state index is 0.211. The number of fused-ring (bicyclic) bond motifs is 1. The average Bonchev–Trinajstić information content (AvgIpc) is 2.07. The van der Waals surface area contributed by atoms with Gasteiger partial charge in [-0.05, 0) is 54.0 Å². The fourth-order valence-electron chi connectivity index (χ4n) is 1.67. The van der Waals surface area contributed by atoms with E-state index in [0.29, 0.717) is 6.42 Å². The van der Waals surface area contributed by atoms with E-state index in [1.807, 2.05) is 13.0 Å². The van der Waals surface area contributed by atoms with Gasteiger partial charge in [0.2, 0.25) is 0 Å². The molecule has 13 heavy (non-hydrogen) atoms. The van der Waals surface area contributed by atoms with Gasteiger partial charge in [0, 0.05) is 15.7 Å². The number of carbonyl (C=O) groups excluding carboxylic acids is 1. The Kier molecular flexibility index (Phi) is 2.36. The quantitative estimate of drug-likeness (QED) is 0.686. The summed E-state index contributed by atoms with van der Waals surface area (Å²) in [5.41, 5.74) is 2.82.